The summed E-state index contributed by atoms with van der Waals surface area (Å²) >= 11 is 1.77. The van der Waals surface area contributed by atoms with Gasteiger partial charge in [-0.15, -0.1) is 11.3 Å². The van der Waals surface area contributed by atoms with Crippen LogP contribution >= 0.6 is 11.3 Å². The van der Waals surface area contributed by atoms with Crippen LogP contribution in [-0.4, -0.2) is 35.8 Å². The fraction of sp³-hybridized carbons (Fsp3) is 0.467. The molecule has 0 radical (unpaired) electrons. The molecule has 1 N–H and O–H groups in total. The normalized spacial score (nSPS) is 21.9. The Kier molecular flexibility index (Phi) is 4.52. The molecule has 4 nitrogen and oxygen atoms in total. The van der Waals surface area contributed by atoms with Gasteiger partial charge in [-0.25, -0.2) is 0 Å². The summed E-state index contributed by atoms with van der Waals surface area (Å²) in [6.07, 6.45) is 1.67. The summed E-state index contributed by atoms with van der Waals surface area (Å²) in [6, 6.07) is 8.08. The van der Waals surface area contributed by atoms with Crippen LogP contribution in [0.15, 0.2) is 40.3 Å². The van der Waals surface area contributed by atoms with E-state index < -0.39 is 6.10 Å². The predicted molar refractivity (Wildman–Crippen MR) is 77.6 cm³/mol. The van der Waals surface area contributed by atoms with E-state index in [-0.39, 0.29) is 6.04 Å². The van der Waals surface area contributed by atoms with Gasteiger partial charge in [-0.05, 0) is 30.0 Å². The van der Waals surface area contributed by atoms with Crippen molar-refractivity contribution in [1.29, 1.82) is 0 Å². The molecule has 3 heterocycles. The smallest absolute Gasteiger partial charge is 0.132 e. The van der Waals surface area contributed by atoms with E-state index >= 15 is 0 Å². The number of rotatable bonds is 5. The van der Waals surface area contributed by atoms with E-state index in [1.54, 1.807) is 23.7 Å². The number of aliphatic hydroxyl groups excluding tert-OH is 1. The highest BCUT2D eigenvalue weighted by Gasteiger charge is 2.27. The van der Waals surface area contributed by atoms with Gasteiger partial charge in [0, 0.05) is 24.0 Å². The van der Waals surface area contributed by atoms with Crippen LogP contribution in [0.1, 0.15) is 23.2 Å². The number of nitrogens with zero attached hydrogens (tertiary/aromatic N) is 1. The first-order chi connectivity index (χ1) is 9.83. The standard InChI is InChI=1S/C15H19NO3S/c17-14(15-4-1-6-19-15)9-12-11-18-7-5-16(12)10-13-3-2-8-20-13/h1-4,6,8,12,14,17H,5,7,9-11H2. The van der Waals surface area contributed by atoms with Crippen LogP contribution < -0.4 is 0 Å². The molecule has 0 spiro atoms. The Morgan fingerprint density at radius 2 is 2.35 bits per heavy atom. The number of morpholine rings is 1. The Morgan fingerprint density at radius 3 is 3.10 bits per heavy atom. The van der Waals surface area contributed by atoms with Gasteiger partial charge in [0.15, 0.2) is 0 Å². The Morgan fingerprint density at radius 1 is 1.40 bits per heavy atom. The largest absolute Gasteiger partial charge is 0.467 e. The molecule has 1 aliphatic rings. The van der Waals surface area contributed by atoms with Gasteiger partial charge in [-0.1, -0.05) is 6.07 Å². The molecule has 0 bridgehead atoms. The molecule has 0 aliphatic carbocycles. The minimum absolute atomic E-state index is 0.228. The lowest BCUT2D eigenvalue weighted by atomic mass is 10.1. The summed E-state index contributed by atoms with van der Waals surface area (Å²) in [5, 5.41) is 12.3. The lowest BCUT2D eigenvalue weighted by Gasteiger charge is -2.36. The topological polar surface area (TPSA) is 45.8 Å². The molecule has 1 aliphatic heterocycles. The lowest BCUT2D eigenvalue weighted by Crippen LogP contribution is -2.45. The van der Waals surface area contributed by atoms with E-state index in [9.17, 15) is 5.11 Å². The first-order valence-corrected chi connectivity index (χ1v) is 7.76. The van der Waals surface area contributed by atoms with Crippen LogP contribution in [-0.2, 0) is 11.3 Å². The summed E-state index contributed by atoms with van der Waals surface area (Å²) in [4.78, 5) is 3.74. The van der Waals surface area contributed by atoms with E-state index in [1.807, 2.05) is 6.07 Å². The highest BCUT2D eigenvalue weighted by Crippen LogP contribution is 2.24. The summed E-state index contributed by atoms with van der Waals surface area (Å²) in [6.45, 7) is 3.27. The molecule has 0 saturated carbocycles. The monoisotopic (exact) mass is 293 g/mol. The molecule has 108 valence electrons. The van der Waals surface area contributed by atoms with E-state index in [4.69, 9.17) is 9.15 Å². The fourth-order valence-corrected chi connectivity index (χ4v) is 3.30. The first-order valence-electron chi connectivity index (χ1n) is 6.88. The van der Waals surface area contributed by atoms with E-state index in [0.29, 0.717) is 18.8 Å². The maximum absolute atomic E-state index is 10.2. The molecule has 2 unspecified atom stereocenters. The Hall–Kier alpha value is -1.14. The second-order valence-electron chi connectivity index (χ2n) is 5.05. The number of aliphatic hydroxyl groups is 1. The first kappa shape index (κ1) is 13.8. The van der Waals surface area contributed by atoms with Crippen molar-refractivity contribution >= 4 is 11.3 Å². The van der Waals surface area contributed by atoms with E-state index in [1.165, 1.54) is 4.88 Å². The van der Waals surface area contributed by atoms with Crippen LogP contribution in [0.5, 0.6) is 0 Å². The van der Waals surface area contributed by atoms with Gasteiger partial charge in [0.1, 0.15) is 11.9 Å². The average molecular weight is 293 g/mol. The second-order valence-corrected chi connectivity index (χ2v) is 6.08. The SMILES string of the molecule is OC(CC1COCCN1Cc1cccs1)c1ccco1. The average Bonchev–Trinajstić information content (AvgIpc) is 3.13. The minimum atomic E-state index is -0.567. The zero-order valence-electron chi connectivity index (χ0n) is 11.3. The van der Waals surface area contributed by atoms with Crippen molar-refractivity contribution in [2.45, 2.75) is 25.1 Å². The number of hydrogen-bond acceptors (Lipinski definition) is 5. The third kappa shape index (κ3) is 3.30. The zero-order chi connectivity index (χ0) is 13.8. The zero-order valence-corrected chi connectivity index (χ0v) is 12.1. The molecule has 3 rings (SSSR count). The molecule has 0 amide bonds. The Labute approximate surface area is 122 Å². The number of hydrogen-bond donors (Lipinski definition) is 1. The summed E-state index contributed by atoms with van der Waals surface area (Å²) in [5.74, 6) is 0.631. The fourth-order valence-electron chi connectivity index (χ4n) is 2.57. The second kappa shape index (κ2) is 6.54. The van der Waals surface area contributed by atoms with Crippen molar-refractivity contribution in [2.75, 3.05) is 19.8 Å². The van der Waals surface area contributed by atoms with Gasteiger partial charge in [-0.3, -0.25) is 4.90 Å². The van der Waals surface area contributed by atoms with Gasteiger partial charge in [0.05, 0.1) is 19.5 Å². The van der Waals surface area contributed by atoms with Crippen LogP contribution in [0, 0.1) is 0 Å². The molecular weight excluding hydrogens is 274 g/mol. The number of furan rings is 1. The lowest BCUT2D eigenvalue weighted by molar-refractivity contribution is -0.0319. The van der Waals surface area contributed by atoms with E-state index in [0.717, 1.165) is 19.7 Å². The highest BCUT2D eigenvalue weighted by molar-refractivity contribution is 7.09. The quantitative estimate of drug-likeness (QED) is 0.920. The Balaban J connectivity index is 1.63. The number of thiophene rings is 1. The molecule has 0 aromatic carbocycles. The third-order valence-corrected chi connectivity index (χ3v) is 4.52. The van der Waals surface area contributed by atoms with Gasteiger partial charge in [0.25, 0.3) is 0 Å². The van der Waals surface area contributed by atoms with E-state index in [2.05, 4.69) is 22.4 Å². The van der Waals surface area contributed by atoms with Crippen LogP contribution in [0.4, 0.5) is 0 Å². The van der Waals surface area contributed by atoms with Gasteiger partial charge >= 0.3 is 0 Å². The highest BCUT2D eigenvalue weighted by atomic mass is 32.1. The maximum atomic E-state index is 10.2. The molecule has 20 heavy (non-hydrogen) atoms. The minimum Gasteiger partial charge on any atom is -0.467 e. The maximum Gasteiger partial charge on any atom is 0.132 e. The molecule has 2 atom stereocenters. The van der Waals surface area contributed by atoms with Crippen molar-refractivity contribution < 1.29 is 14.3 Å². The van der Waals surface area contributed by atoms with Crippen molar-refractivity contribution in [3.05, 3.63) is 46.5 Å². The molecule has 2 aromatic rings. The van der Waals surface area contributed by atoms with Crippen LogP contribution in [0.3, 0.4) is 0 Å². The summed E-state index contributed by atoms with van der Waals surface area (Å²) in [5.41, 5.74) is 0. The Bertz CT molecular complexity index is 497. The molecule has 2 aromatic heterocycles. The van der Waals surface area contributed by atoms with Crippen molar-refractivity contribution in [2.24, 2.45) is 0 Å². The predicted octanol–water partition coefficient (Wildman–Crippen LogP) is 2.67. The van der Waals surface area contributed by atoms with Crippen LogP contribution in [0.25, 0.3) is 0 Å². The molecular formula is C15H19NO3S. The van der Waals surface area contributed by atoms with Crippen molar-refractivity contribution in [1.82, 2.24) is 4.90 Å². The molecule has 1 fully saturated rings. The van der Waals surface area contributed by atoms with Crippen molar-refractivity contribution in [3.8, 4) is 0 Å². The van der Waals surface area contributed by atoms with Gasteiger partial charge < -0.3 is 14.3 Å². The van der Waals surface area contributed by atoms with Crippen molar-refractivity contribution in [3.63, 3.8) is 0 Å². The summed E-state index contributed by atoms with van der Waals surface area (Å²) in [7, 11) is 0. The number of ether oxygens (including phenoxy) is 1. The van der Waals surface area contributed by atoms with Gasteiger partial charge in [-0.2, -0.15) is 0 Å². The summed E-state index contributed by atoms with van der Waals surface area (Å²) < 4.78 is 10.8. The third-order valence-electron chi connectivity index (χ3n) is 3.66. The van der Waals surface area contributed by atoms with Gasteiger partial charge in [0.2, 0.25) is 0 Å². The molecule has 5 heteroatoms. The van der Waals surface area contributed by atoms with Crippen LogP contribution in [0.2, 0.25) is 0 Å². The molecule has 1 saturated heterocycles.